The molecule has 0 aliphatic carbocycles. The minimum atomic E-state index is -1.21. The molecule has 0 heterocycles. The van der Waals surface area contributed by atoms with E-state index in [0.29, 0.717) is 10.6 Å². The Morgan fingerprint density at radius 2 is 2.00 bits per heavy atom. The summed E-state index contributed by atoms with van der Waals surface area (Å²) in [4.78, 5) is 21.1. The van der Waals surface area contributed by atoms with Gasteiger partial charge in [0, 0.05) is 10.6 Å². The SMILES string of the molecule is O=C(O)CC(=O)OCc1ccccc1Cl. The topological polar surface area (TPSA) is 63.6 Å². The van der Waals surface area contributed by atoms with Crippen molar-refractivity contribution < 1.29 is 19.4 Å². The van der Waals surface area contributed by atoms with Crippen LogP contribution in [0.5, 0.6) is 0 Å². The monoisotopic (exact) mass is 228 g/mol. The molecule has 0 aromatic heterocycles. The molecule has 0 fully saturated rings. The van der Waals surface area contributed by atoms with Crippen molar-refractivity contribution in [3.63, 3.8) is 0 Å². The van der Waals surface area contributed by atoms with Gasteiger partial charge in [0.1, 0.15) is 13.0 Å². The summed E-state index contributed by atoms with van der Waals surface area (Å²) in [7, 11) is 0. The number of hydrogen-bond donors (Lipinski definition) is 1. The number of carboxylic acids is 1. The van der Waals surface area contributed by atoms with E-state index in [2.05, 4.69) is 0 Å². The Morgan fingerprint density at radius 1 is 1.33 bits per heavy atom. The molecule has 1 rings (SSSR count). The van der Waals surface area contributed by atoms with E-state index in [1.165, 1.54) is 0 Å². The first kappa shape index (κ1) is 11.5. The first-order chi connectivity index (χ1) is 7.09. The van der Waals surface area contributed by atoms with E-state index < -0.39 is 18.4 Å². The van der Waals surface area contributed by atoms with Gasteiger partial charge in [-0.3, -0.25) is 9.59 Å². The normalized spacial score (nSPS) is 9.67. The minimum absolute atomic E-state index is 0.00815. The number of hydrogen-bond acceptors (Lipinski definition) is 3. The van der Waals surface area contributed by atoms with Gasteiger partial charge in [-0.25, -0.2) is 0 Å². The maximum atomic E-state index is 10.9. The number of rotatable bonds is 4. The van der Waals surface area contributed by atoms with Crippen LogP contribution in [0.4, 0.5) is 0 Å². The van der Waals surface area contributed by atoms with Crippen LogP contribution in [-0.4, -0.2) is 17.0 Å². The lowest BCUT2D eigenvalue weighted by molar-refractivity contribution is -0.152. The van der Waals surface area contributed by atoms with Gasteiger partial charge >= 0.3 is 11.9 Å². The molecule has 0 aliphatic rings. The fraction of sp³-hybridized carbons (Fsp3) is 0.200. The smallest absolute Gasteiger partial charge is 0.317 e. The summed E-state index contributed by atoms with van der Waals surface area (Å²) in [5, 5.41) is 8.80. The molecule has 0 atom stereocenters. The first-order valence-electron chi connectivity index (χ1n) is 4.20. The van der Waals surface area contributed by atoms with Crippen LogP contribution < -0.4 is 0 Å². The van der Waals surface area contributed by atoms with Crippen molar-refractivity contribution in [2.75, 3.05) is 0 Å². The highest BCUT2D eigenvalue weighted by molar-refractivity contribution is 6.31. The molecule has 1 aromatic rings. The van der Waals surface area contributed by atoms with Crippen molar-refractivity contribution in [1.82, 2.24) is 0 Å². The molecule has 0 amide bonds. The van der Waals surface area contributed by atoms with Crippen molar-refractivity contribution in [3.05, 3.63) is 34.9 Å². The largest absolute Gasteiger partial charge is 0.481 e. The van der Waals surface area contributed by atoms with Crippen LogP contribution in [0.15, 0.2) is 24.3 Å². The Hall–Kier alpha value is -1.55. The number of carbonyl (C=O) groups excluding carboxylic acids is 1. The highest BCUT2D eigenvalue weighted by atomic mass is 35.5. The zero-order valence-electron chi connectivity index (χ0n) is 7.77. The van der Waals surface area contributed by atoms with Crippen molar-refractivity contribution in [2.24, 2.45) is 0 Å². The first-order valence-corrected chi connectivity index (χ1v) is 4.58. The molecule has 0 radical (unpaired) electrons. The van der Waals surface area contributed by atoms with Crippen LogP contribution in [0.1, 0.15) is 12.0 Å². The number of ether oxygens (including phenoxy) is 1. The van der Waals surface area contributed by atoms with E-state index in [-0.39, 0.29) is 6.61 Å². The van der Waals surface area contributed by atoms with E-state index >= 15 is 0 Å². The molecule has 0 spiro atoms. The number of carboxylic acid groups (broad SMARTS) is 1. The number of benzene rings is 1. The van der Waals surface area contributed by atoms with Crippen LogP contribution in [-0.2, 0) is 20.9 Å². The second-order valence-electron chi connectivity index (χ2n) is 2.82. The quantitative estimate of drug-likeness (QED) is 0.631. The van der Waals surface area contributed by atoms with Crippen LogP contribution in [0.2, 0.25) is 5.02 Å². The van der Waals surface area contributed by atoms with Crippen molar-refractivity contribution in [3.8, 4) is 0 Å². The Morgan fingerprint density at radius 3 is 2.60 bits per heavy atom. The van der Waals surface area contributed by atoms with Crippen molar-refractivity contribution >= 4 is 23.5 Å². The van der Waals surface area contributed by atoms with Gasteiger partial charge in [-0.2, -0.15) is 0 Å². The van der Waals surface area contributed by atoms with Gasteiger partial charge in [0.25, 0.3) is 0 Å². The summed E-state index contributed by atoms with van der Waals surface area (Å²) >= 11 is 5.81. The van der Waals surface area contributed by atoms with E-state index in [0.717, 1.165) is 0 Å². The van der Waals surface area contributed by atoms with Crippen molar-refractivity contribution in [1.29, 1.82) is 0 Å². The van der Waals surface area contributed by atoms with Crippen LogP contribution in [0.25, 0.3) is 0 Å². The highest BCUT2D eigenvalue weighted by Crippen LogP contribution is 2.15. The molecule has 80 valence electrons. The summed E-state index contributed by atoms with van der Waals surface area (Å²) in [5.74, 6) is -1.98. The predicted octanol–water partition coefficient (Wildman–Crippen LogP) is 1.86. The Bertz CT molecular complexity index is 375. The average Bonchev–Trinajstić information content (AvgIpc) is 2.15. The highest BCUT2D eigenvalue weighted by Gasteiger charge is 2.09. The van der Waals surface area contributed by atoms with Gasteiger partial charge in [-0.15, -0.1) is 0 Å². The molecule has 4 nitrogen and oxygen atoms in total. The third-order valence-corrected chi connectivity index (χ3v) is 2.01. The molecule has 0 aliphatic heterocycles. The fourth-order valence-electron chi connectivity index (χ4n) is 0.948. The summed E-state index contributed by atoms with van der Waals surface area (Å²) in [6.07, 6.45) is -0.634. The third kappa shape index (κ3) is 3.99. The summed E-state index contributed by atoms with van der Waals surface area (Å²) in [6.45, 7) is -0.00815. The average molecular weight is 229 g/mol. The van der Waals surface area contributed by atoms with Gasteiger partial charge in [0.2, 0.25) is 0 Å². The maximum Gasteiger partial charge on any atom is 0.317 e. The number of esters is 1. The number of carbonyl (C=O) groups is 2. The lowest BCUT2D eigenvalue weighted by Crippen LogP contribution is -2.10. The molecule has 5 heteroatoms. The zero-order valence-corrected chi connectivity index (χ0v) is 8.53. The number of aliphatic carboxylic acids is 1. The number of halogens is 1. The summed E-state index contributed by atoms with van der Waals surface area (Å²) in [5.41, 5.74) is 0.651. The molecule has 0 saturated heterocycles. The summed E-state index contributed by atoms with van der Waals surface area (Å²) in [6, 6.07) is 6.88. The summed E-state index contributed by atoms with van der Waals surface area (Å²) < 4.78 is 4.72. The van der Waals surface area contributed by atoms with E-state index in [1.807, 2.05) is 0 Å². The Balaban J connectivity index is 2.47. The minimum Gasteiger partial charge on any atom is -0.481 e. The second-order valence-corrected chi connectivity index (χ2v) is 3.23. The third-order valence-electron chi connectivity index (χ3n) is 1.64. The van der Waals surface area contributed by atoms with Gasteiger partial charge in [0.15, 0.2) is 0 Å². The van der Waals surface area contributed by atoms with Gasteiger partial charge in [0.05, 0.1) is 0 Å². The van der Waals surface area contributed by atoms with Crippen molar-refractivity contribution in [2.45, 2.75) is 13.0 Å². The molecular formula is C10H9ClO4. The zero-order chi connectivity index (χ0) is 11.3. The molecule has 1 aromatic carbocycles. The van der Waals surface area contributed by atoms with E-state index in [4.69, 9.17) is 21.4 Å². The fourth-order valence-corrected chi connectivity index (χ4v) is 1.14. The molecule has 1 N–H and O–H groups in total. The molecule has 0 unspecified atom stereocenters. The van der Waals surface area contributed by atoms with E-state index in [9.17, 15) is 9.59 Å². The predicted molar refractivity (Wildman–Crippen MR) is 53.5 cm³/mol. The van der Waals surface area contributed by atoms with Gasteiger partial charge in [-0.1, -0.05) is 29.8 Å². The molecular weight excluding hydrogens is 220 g/mol. The lowest BCUT2D eigenvalue weighted by atomic mass is 10.2. The molecule has 0 saturated carbocycles. The Kier molecular flexibility index (Phi) is 4.12. The molecule has 0 bridgehead atoms. The Labute approximate surface area is 91.4 Å². The van der Waals surface area contributed by atoms with Gasteiger partial charge < -0.3 is 9.84 Å². The van der Waals surface area contributed by atoms with Crippen LogP contribution in [0, 0.1) is 0 Å². The van der Waals surface area contributed by atoms with Crippen LogP contribution in [0.3, 0.4) is 0 Å². The lowest BCUT2D eigenvalue weighted by Gasteiger charge is -2.04. The second kappa shape index (κ2) is 5.36. The van der Waals surface area contributed by atoms with Gasteiger partial charge in [-0.05, 0) is 6.07 Å². The molecule has 15 heavy (non-hydrogen) atoms. The standard InChI is InChI=1S/C10H9ClO4/c11-8-4-2-1-3-7(8)6-15-10(14)5-9(12)13/h1-4H,5-6H2,(H,12,13). The van der Waals surface area contributed by atoms with Crippen LogP contribution >= 0.6 is 11.6 Å². The van der Waals surface area contributed by atoms with E-state index in [1.54, 1.807) is 24.3 Å². The maximum absolute atomic E-state index is 10.9.